The SMILES string of the molecule is Cc1c(C(=O)O)c(C)c2cccc(C)c2c1C. The van der Waals surface area contributed by atoms with Gasteiger partial charge in [-0.15, -0.1) is 0 Å². The first kappa shape index (κ1) is 11.6. The van der Waals surface area contributed by atoms with E-state index in [0.29, 0.717) is 5.56 Å². The first-order valence-corrected chi connectivity index (χ1v) is 5.67. The molecule has 2 nitrogen and oxygen atoms in total. The van der Waals surface area contributed by atoms with E-state index in [1.54, 1.807) is 0 Å². The summed E-state index contributed by atoms with van der Waals surface area (Å²) < 4.78 is 0. The molecular weight excluding hydrogens is 212 g/mol. The number of hydrogen-bond donors (Lipinski definition) is 1. The number of carbonyl (C=O) groups is 1. The third-order valence-electron chi connectivity index (χ3n) is 3.58. The first-order chi connectivity index (χ1) is 7.95. The number of rotatable bonds is 1. The highest BCUT2D eigenvalue weighted by molar-refractivity contribution is 6.02. The second kappa shape index (κ2) is 3.88. The highest BCUT2D eigenvalue weighted by Gasteiger charge is 2.17. The third-order valence-corrected chi connectivity index (χ3v) is 3.58. The van der Waals surface area contributed by atoms with Crippen molar-refractivity contribution in [3.63, 3.8) is 0 Å². The average molecular weight is 228 g/mol. The Kier molecular flexibility index (Phi) is 2.66. The van der Waals surface area contributed by atoms with Crippen LogP contribution in [0.15, 0.2) is 18.2 Å². The van der Waals surface area contributed by atoms with Crippen LogP contribution in [0.4, 0.5) is 0 Å². The molecule has 0 bridgehead atoms. The molecule has 0 aliphatic carbocycles. The van der Waals surface area contributed by atoms with Gasteiger partial charge < -0.3 is 5.11 Å². The number of carboxylic acids is 1. The zero-order chi connectivity index (χ0) is 12.7. The van der Waals surface area contributed by atoms with E-state index in [0.717, 1.165) is 22.1 Å². The Morgan fingerprint density at radius 2 is 1.65 bits per heavy atom. The van der Waals surface area contributed by atoms with E-state index in [4.69, 9.17) is 0 Å². The van der Waals surface area contributed by atoms with Gasteiger partial charge in [-0.2, -0.15) is 0 Å². The highest BCUT2D eigenvalue weighted by Crippen LogP contribution is 2.31. The van der Waals surface area contributed by atoms with E-state index in [9.17, 15) is 9.90 Å². The molecule has 0 saturated heterocycles. The van der Waals surface area contributed by atoms with Crippen LogP contribution in [0.1, 0.15) is 32.6 Å². The maximum atomic E-state index is 11.3. The molecule has 2 aromatic rings. The minimum absolute atomic E-state index is 0.445. The molecule has 0 fully saturated rings. The number of fused-ring (bicyclic) bond motifs is 1. The van der Waals surface area contributed by atoms with E-state index in [1.807, 2.05) is 32.9 Å². The second-order valence-corrected chi connectivity index (χ2v) is 4.55. The van der Waals surface area contributed by atoms with Gasteiger partial charge in [0.25, 0.3) is 0 Å². The van der Waals surface area contributed by atoms with Gasteiger partial charge in [0, 0.05) is 0 Å². The maximum absolute atomic E-state index is 11.3. The Morgan fingerprint density at radius 3 is 2.24 bits per heavy atom. The van der Waals surface area contributed by atoms with E-state index < -0.39 is 5.97 Å². The van der Waals surface area contributed by atoms with E-state index in [1.165, 1.54) is 10.9 Å². The lowest BCUT2D eigenvalue weighted by atomic mass is 9.89. The predicted octanol–water partition coefficient (Wildman–Crippen LogP) is 3.77. The largest absolute Gasteiger partial charge is 0.478 e. The molecule has 2 rings (SSSR count). The smallest absolute Gasteiger partial charge is 0.336 e. The van der Waals surface area contributed by atoms with Gasteiger partial charge in [-0.05, 0) is 60.7 Å². The van der Waals surface area contributed by atoms with Gasteiger partial charge in [-0.3, -0.25) is 0 Å². The Hall–Kier alpha value is -1.83. The van der Waals surface area contributed by atoms with Crippen molar-refractivity contribution in [2.24, 2.45) is 0 Å². The van der Waals surface area contributed by atoms with Gasteiger partial charge in [0.2, 0.25) is 0 Å². The lowest BCUT2D eigenvalue weighted by molar-refractivity contribution is 0.0695. The fraction of sp³-hybridized carbons (Fsp3) is 0.267. The summed E-state index contributed by atoms with van der Waals surface area (Å²) in [5, 5.41) is 11.5. The molecule has 1 N–H and O–H groups in total. The second-order valence-electron chi connectivity index (χ2n) is 4.55. The van der Waals surface area contributed by atoms with Crippen molar-refractivity contribution in [1.82, 2.24) is 0 Å². The molecule has 0 aliphatic heterocycles. The molecule has 0 amide bonds. The van der Waals surface area contributed by atoms with Crippen molar-refractivity contribution in [2.45, 2.75) is 27.7 Å². The first-order valence-electron chi connectivity index (χ1n) is 5.67. The molecule has 2 aromatic carbocycles. The number of aryl methyl sites for hydroxylation is 3. The Labute approximate surface area is 101 Å². The van der Waals surface area contributed by atoms with Crippen molar-refractivity contribution < 1.29 is 9.90 Å². The Morgan fingerprint density at radius 1 is 1.00 bits per heavy atom. The number of carboxylic acid groups (broad SMARTS) is 1. The molecule has 17 heavy (non-hydrogen) atoms. The molecular formula is C15H16O2. The van der Waals surface area contributed by atoms with Crippen molar-refractivity contribution in [2.75, 3.05) is 0 Å². The quantitative estimate of drug-likeness (QED) is 0.806. The summed E-state index contributed by atoms with van der Waals surface area (Å²) in [6.07, 6.45) is 0. The van der Waals surface area contributed by atoms with E-state index >= 15 is 0 Å². The monoisotopic (exact) mass is 228 g/mol. The zero-order valence-electron chi connectivity index (χ0n) is 10.6. The molecule has 0 aromatic heterocycles. The average Bonchev–Trinajstić information content (AvgIpc) is 2.25. The third kappa shape index (κ3) is 1.60. The van der Waals surface area contributed by atoms with Crippen LogP contribution in [0, 0.1) is 27.7 Å². The normalized spacial score (nSPS) is 10.8. The van der Waals surface area contributed by atoms with Crippen LogP contribution in [0.2, 0.25) is 0 Å². The summed E-state index contributed by atoms with van der Waals surface area (Å²) in [6, 6.07) is 6.04. The maximum Gasteiger partial charge on any atom is 0.336 e. The molecule has 0 heterocycles. The summed E-state index contributed by atoms with van der Waals surface area (Å²) >= 11 is 0. The van der Waals surface area contributed by atoms with Crippen molar-refractivity contribution in [1.29, 1.82) is 0 Å². The lowest BCUT2D eigenvalue weighted by Gasteiger charge is -2.15. The summed E-state index contributed by atoms with van der Waals surface area (Å²) in [7, 11) is 0. The summed E-state index contributed by atoms with van der Waals surface area (Å²) in [4.78, 5) is 11.3. The summed E-state index contributed by atoms with van der Waals surface area (Å²) in [6.45, 7) is 7.83. The number of aromatic carboxylic acids is 1. The molecule has 88 valence electrons. The van der Waals surface area contributed by atoms with Crippen LogP contribution in [0.5, 0.6) is 0 Å². The van der Waals surface area contributed by atoms with Crippen LogP contribution >= 0.6 is 0 Å². The molecule has 0 atom stereocenters. The fourth-order valence-electron chi connectivity index (χ4n) is 2.59. The zero-order valence-corrected chi connectivity index (χ0v) is 10.6. The van der Waals surface area contributed by atoms with Crippen LogP contribution < -0.4 is 0 Å². The number of hydrogen-bond acceptors (Lipinski definition) is 1. The van der Waals surface area contributed by atoms with Gasteiger partial charge in [-0.1, -0.05) is 18.2 Å². The van der Waals surface area contributed by atoms with Crippen LogP contribution in [0.25, 0.3) is 10.8 Å². The molecule has 0 aliphatic rings. The standard InChI is InChI=1S/C15H16O2/c1-8-6-5-7-12-11(4)14(15(16)17)10(3)9(2)13(8)12/h5-7H,1-4H3,(H,16,17). The van der Waals surface area contributed by atoms with Crippen molar-refractivity contribution in [3.05, 3.63) is 46.0 Å². The van der Waals surface area contributed by atoms with Gasteiger partial charge >= 0.3 is 5.97 Å². The lowest BCUT2D eigenvalue weighted by Crippen LogP contribution is -2.06. The Bertz CT molecular complexity index is 625. The molecule has 0 saturated carbocycles. The van der Waals surface area contributed by atoms with Gasteiger partial charge in [0.05, 0.1) is 5.56 Å². The minimum atomic E-state index is -0.841. The van der Waals surface area contributed by atoms with Crippen LogP contribution in [-0.2, 0) is 0 Å². The Balaban J connectivity index is 3.06. The van der Waals surface area contributed by atoms with Gasteiger partial charge in [0.15, 0.2) is 0 Å². The molecule has 0 unspecified atom stereocenters. The highest BCUT2D eigenvalue weighted by atomic mass is 16.4. The van der Waals surface area contributed by atoms with E-state index in [-0.39, 0.29) is 0 Å². The minimum Gasteiger partial charge on any atom is -0.478 e. The number of benzene rings is 2. The molecule has 0 spiro atoms. The van der Waals surface area contributed by atoms with Crippen LogP contribution in [-0.4, -0.2) is 11.1 Å². The van der Waals surface area contributed by atoms with Gasteiger partial charge in [-0.25, -0.2) is 4.79 Å². The molecule has 2 heteroatoms. The van der Waals surface area contributed by atoms with Crippen molar-refractivity contribution >= 4 is 16.7 Å². The molecule has 0 radical (unpaired) electrons. The fourth-order valence-corrected chi connectivity index (χ4v) is 2.59. The summed E-state index contributed by atoms with van der Waals surface area (Å²) in [5.41, 5.74) is 4.45. The van der Waals surface area contributed by atoms with Crippen molar-refractivity contribution in [3.8, 4) is 0 Å². The van der Waals surface area contributed by atoms with Crippen LogP contribution in [0.3, 0.4) is 0 Å². The summed E-state index contributed by atoms with van der Waals surface area (Å²) in [5.74, 6) is -0.841. The predicted molar refractivity (Wildman–Crippen MR) is 69.9 cm³/mol. The topological polar surface area (TPSA) is 37.3 Å². The van der Waals surface area contributed by atoms with E-state index in [2.05, 4.69) is 13.0 Å². The van der Waals surface area contributed by atoms with Gasteiger partial charge in [0.1, 0.15) is 0 Å².